The third kappa shape index (κ3) is 4.61. The van der Waals surface area contributed by atoms with Crippen LogP contribution in [-0.4, -0.2) is 27.3 Å². The predicted octanol–water partition coefficient (Wildman–Crippen LogP) is 2.88. The van der Waals surface area contributed by atoms with Crippen molar-refractivity contribution >= 4 is 34.7 Å². The van der Waals surface area contributed by atoms with E-state index in [9.17, 15) is 25.0 Å². The number of rotatable bonds is 6. The van der Waals surface area contributed by atoms with Crippen molar-refractivity contribution in [3.63, 3.8) is 0 Å². The van der Waals surface area contributed by atoms with Crippen molar-refractivity contribution in [2.75, 3.05) is 11.9 Å². The minimum atomic E-state index is -0.750. The van der Waals surface area contributed by atoms with Crippen molar-refractivity contribution in [2.24, 2.45) is 0 Å². The molecule has 2 aromatic rings. The van der Waals surface area contributed by atoms with E-state index in [0.29, 0.717) is 5.69 Å². The van der Waals surface area contributed by atoms with E-state index in [1.54, 1.807) is 6.92 Å². The van der Waals surface area contributed by atoms with Gasteiger partial charge in [0.15, 0.2) is 6.61 Å². The lowest BCUT2D eigenvalue weighted by Gasteiger charge is -2.08. The Morgan fingerprint density at radius 2 is 1.96 bits per heavy atom. The second kappa shape index (κ2) is 7.53. The Morgan fingerprint density at radius 1 is 1.24 bits per heavy atom. The number of nitro groups is 2. The highest BCUT2D eigenvalue weighted by atomic mass is 35.5. The Balaban J connectivity index is 2.11. The maximum atomic E-state index is 11.9. The van der Waals surface area contributed by atoms with E-state index in [4.69, 9.17) is 16.3 Å². The highest BCUT2D eigenvalue weighted by molar-refractivity contribution is 6.31. The number of aryl methyl sites for hydroxylation is 1. The van der Waals surface area contributed by atoms with Crippen LogP contribution in [0.3, 0.4) is 0 Å². The number of benzene rings is 1. The lowest BCUT2D eigenvalue weighted by molar-refractivity contribution is -0.390. The number of hydrogen-bond donors (Lipinski definition) is 1. The number of nitro benzene ring substituents is 1. The van der Waals surface area contributed by atoms with Crippen LogP contribution >= 0.6 is 11.6 Å². The molecule has 1 aromatic carbocycles. The van der Waals surface area contributed by atoms with Crippen LogP contribution in [0.1, 0.15) is 5.69 Å². The summed E-state index contributed by atoms with van der Waals surface area (Å²) in [4.78, 5) is 36.1. The van der Waals surface area contributed by atoms with E-state index in [1.807, 2.05) is 0 Å². The number of nitrogens with one attached hydrogen (secondary N) is 1. The fourth-order valence-electron chi connectivity index (χ4n) is 1.87. The van der Waals surface area contributed by atoms with E-state index in [-0.39, 0.29) is 22.1 Å². The topological polar surface area (TPSA) is 138 Å². The van der Waals surface area contributed by atoms with Crippen molar-refractivity contribution in [1.29, 1.82) is 0 Å². The standard InChI is InChI=1S/C14H11ClN4O6/c1-8-2-5-12(14(16-8)19(23)24)25-7-13(20)17-10-6-9(15)3-4-11(10)18(21)22/h2-6H,7H2,1H3,(H,17,20). The Morgan fingerprint density at radius 3 is 2.60 bits per heavy atom. The Bertz CT molecular complexity index is 857. The van der Waals surface area contributed by atoms with Gasteiger partial charge in [-0.1, -0.05) is 11.6 Å². The number of carbonyl (C=O) groups excluding carboxylic acids is 1. The predicted molar refractivity (Wildman–Crippen MR) is 87.9 cm³/mol. The van der Waals surface area contributed by atoms with Crippen molar-refractivity contribution in [3.8, 4) is 5.75 Å². The summed E-state index contributed by atoms with van der Waals surface area (Å²) in [5.74, 6) is -1.46. The zero-order valence-corrected chi connectivity index (χ0v) is 13.5. The third-order valence-electron chi connectivity index (χ3n) is 2.94. The molecule has 0 aliphatic carbocycles. The summed E-state index contributed by atoms with van der Waals surface area (Å²) in [6.07, 6.45) is 0. The molecular weight excluding hydrogens is 356 g/mol. The number of ether oxygens (including phenoxy) is 1. The maximum Gasteiger partial charge on any atom is 0.406 e. The largest absolute Gasteiger partial charge is 0.476 e. The molecule has 0 saturated carbocycles. The van der Waals surface area contributed by atoms with Crippen LogP contribution < -0.4 is 10.1 Å². The molecule has 0 aliphatic rings. The number of hydrogen-bond acceptors (Lipinski definition) is 7. The first-order chi connectivity index (χ1) is 11.8. The molecule has 0 radical (unpaired) electrons. The van der Waals surface area contributed by atoms with Gasteiger partial charge >= 0.3 is 5.82 Å². The van der Waals surface area contributed by atoms with Crippen molar-refractivity contribution in [1.82, 2.24) is 4.98 Å². The molecule has 0 bridgehead atoms. The zero-order valence-electron chi connectivity index (χ0n) is 12.8. The molecular formula is C14H11ClN4O6. The van der Waals surface area contributed by atoms with E-state index < -0.39 is 28.2 Å². The van der Waals surface area contributed by atoms with Crippen LogP contribution in [0.15, 0.2) is 30.3 Å². The van der Waals surface area contributed by atoms with E-state index in [0.717, 1.165) is 6.07 Å². The molecule has 1 N–H and O–H groups in total. The molecule has 0 aliphatic heterocycles. The summed E-state index contributed by atoms with van der Waals surface area (Å²) in [6, 6.07) is 6.48. The number of pyridine rings is 1. The molecule has 1 amide bonds. The molecule has 130 valence electrons. The highest BCUT2D eigenvalue weighted by Gasteiger charge is 2.20. The molecule has 0 unspecified atom stereocenters. The molecule has 0 saturated heterocycles. The van der Waals surface area contributed by atoms with Gasteiger partial charge in [-0.2, -0.15) is 0 Å². The summed E-state index contributed by atoms with van der Waals surface area (Å²) in [7, 11) is 0. The zero-order chi connectivity index (χ0) is 18.6. The second-order valence-electron chi connectivity index (χ2n) is 4.79. The number of anilines is 1. The van der Waals surface area contributed by atoms with Gasteiger partial charge in [0, 0.05) is 18.0 Å². The Hall–Kier alpha value is -3.27. The molecule has 10 nitrogen and oxygen atoms in total. The van der Waals surface area contributed by atoms with Gasteiger partial charge in [0.2, 0.25) is 5.75 Å². The first kappa shape index (κ1) is 18.1. The molecule has 0 fully saturated rings. The molecule has 2 rings (SSSR count). The van der Waals surface area contributed by atoms with E-state index >= 15 is 0 Å². The first-order valence-electron chi connectivity index (χ1n) is 6.76. The lowest BCUT2D eigenvalue weighted by Crippen LogP contribution is -2.21. The fourth-order valence-corrected chi connectivity index (χ4v) is 2.04. The average Bonchev–Trinajstić information content (AvgIpc) is 2.53. The van der Waals surface area contributed by atoms with Crippen LogP contribution in [0.5, 0.6) is 5.75 Å². The van der Waals surface area contributed by atoms with Gasteiger partial charge in [-0.15, -0.1) is 0 Å². The average molecular weight is 367 g/mol. The summed E-state index contributed by atoms with van der Waals surface area (Å²) >= 11 is 5.76. The van der Waals surface area contributed by atoms with Gasteiger partial charge in [0.25, 0.3) is 11.6 Å². The van der Waals surface area contributed by atoms with Gasteiger partial charge < -0.3 is 20.2 Å². The van der Waals surface area contributed by atoms with Gasteiger partial charge in [-0.05, 0) is 34.2 Å². The molecule has 1 aromatic heterocycles. The molecule has 0 atom stereocenters. The first-order valence-corrected chi connectivity index (χ1v) is 7.14. The summed E-state index contributed by atoms with van der Waals surface area (Å²) in [6.45, 7) is 0.969. The lowest BCUT2D eigenvalue weighted by atomic mass is 10.2. The normalized spacial score (nSPS) is 10.2. The number of halogens is 1. The van der Waals surface area contributed by atoms with Crippen molar-refractivity contribution in [3.05, 3.63) is 61.3 Å². The van der Waals surface area contributed by atoms with Gasteiger partial charge in [0.1, 0.15) is 11.4 Å². The van der Waals surface area contributed by atoms with Crippen LogP contribution in [0.4, 0.5) is 17.2 Å². The Kier molecular flexibility index (Phi) is 5.45. The number of amides is 1. The number of aromatic nitrogens is 1. The van der Waals surface area contributed by atoms with Crippen molar-refractivity contribution in [2.45, 2.75) is 6.92 Å². The monoisotopic (exact) mass is 366 g/mol. The van der Waals surface area contributed by atoms with Crippen molar-refractivity contribution < 1.29 is 19.4 Å². The van der Waals surface area contributed by atoms with Gasteiger partial charge in [0.05, 0.1) is 4.92 Å². The van der Waals surface area contributed by atoms with Gasteiger partial charge in [-0.3, -0.25) is 14.9 Å². The molecule has 11 heteroatoms. The third-order valence-corrected chi connectivity index (χ3v) is 3.17. The summed E-state index contributed by atoms with van der Waals surface area (Å²) in [5.41, 5.74) is -0.0404. The van der Waals surface area contributed by atoms with Gasteiger partial charge in [-0.25, -0.2) is 0 Å². The Labute approximate surface area is 145 Å². The van der Waals surface area contributed by atoms with E-state index in [1.165, 1.54) is 24.3 Å². The van der Waals surface area contributed by atoms with Crippen LogP contribution in [0, 0.1) is 27.2 Å². The minimum Gasteiger partial charge on any atom is -0.476 e. The molecule has 1 heterocycles. The number of nitrogens with zero attached hydrogens (tertiary/aromatic N) is 3. The van der Waals surface area contributed by atoms with Crippen LogP contribution in [0.25, 0.3) is 0 Å². The number of carbonyl (C=O) groups is 1. The van der Waals surface area contributed by atoms with Crippen LogP contribution in [-0.2, 0) is 4.79 Å². The minimum absolute atomic E-state index is 0.109. The quantitative estimate of drug-likeness (QED) is 0.612. The summed E-state index contributed by atoms with van der Waals surface area (Å²) in [5, 5.41) is 24.4. The molecule has 25 heavy (non-hydrogen) atoms. The fraction of sp³-hybridized carbons (Fsp3) is 0.143. The highest BCUT2D eigenvalue weighted by Crippen LogP contribution is 2.28. The smallest absolute Gasteiger partial charge is 0.406 e. The maximum absolute atomic E-state index is 11.9. The summed E-state index contributed by atoms with van der Waals surface area (Å²) < 4.78 is 5.10. The van der Waals surface area contributed by atoms with E-state index in [2.05, 4.69) is 10.3 Å². The SMILES string of the molecule is Cc1ccc(OCC(=O)Nc2cc(Cl)ccc2[N+](=O)[O-])c([N+](=O)[O-])n1. The molecule has 0 spiro atoms. The van der Waals surface area contributed by atoms with Crippen LogP contribution in [0.2, 0.25) is 5.02 Å². The second-order valence-corrected chi connectivity index (χ2v) is 5.22.